The number of ether oxygens (including phenoxy) is 1. The van der Waals surface area contributed by atoms with Gasteiger partial charge < -0.3 is 9.64 Å². The van der Waals surface area contributed by atoms with Crippen LogP contribution in [0.25, 0.3) is 5.57 Å². The lowest BCUT2D eigenvalue weighted by atomic mass is 10.0. The molecule has 0 aromatic heterocycles. The van der Waals surface area contributed by atoms with Crippen molar-refractivity contribution in [3.8, 4) is 6.07 Å². The highest BCUT2D eigenvalue weighted by Gasteiger charge is 2.35. The average molecular weight is 270 g/mol. The van der Waals surface area contributed by atoms with E-state index < -0.39 is 5.97 Å². The lowest BCUT2D eigenvalue weighted by Gasteiger charge is -2.13. The van der Waals surface area contributed by atoms with E-state index in [9.17, 15) is 14.9 Å². The number of esters is 1. The largest absolute Gasteiger partial charge is 0.462 e. The number of carbonyl (C=O) groups excluding carboxylic acids is 2. The molecule has 1 aromatic carbocycles. The zero-order valence-electron chi connectivity index (χ0n) is 11.3. The minimum absolute atomic E-state index is 0.128. The molecule has 1 aromatic rings. The van der Waals surface area contributed by atoms with Crippen molar-refractivity contribution < 1.29 is 14.3 Å². The number of para-hydroxylation sites is 1. The summed E-state index contributed by atoms with van der Waals surface area (Å²) in [5.74, 6) is -1.09. The first-order valence-electron chi connectivity index (χ1n) is 6.38. The summed E-state index contributed by atoms with van der Waals surface area (Å²) in [7, 11) is 0. The third-order valence-corrected chi connectivity index (χ3v) is 3.08. The molecule has 0 saturated heterocycles. The quantitative estimate of drug-likeness (QED) is 0.478. The van der Waals surface area contributed by atoms with Gasteiger partial charge in [0.15, 0.2) is 5.57 Å². The van der Waals surface area contributed by atoms with Crippen molar-refractivity contribution in [1.82, 2.24) is 0 Å². The SMILES string of the molecule is CCOC(=O)/C(C#N)=C1/C(=O)N(CC)c2ccccc21. The second-order valence-corrected chi connectivity index (χ2v) is 4.15. The van der Waals surface area contributed by atoms with Crippen molar-refractivity contribution in [3.63, 3.8) is 0 Å². The summed E-state index contributed by atoms with van der Waals surface area (Å²) in [4.78, 5) is 25.8. The molecule has 0 saturated carbocycles. The Morgan fingerprint density at radius 3 is 2.65 bits per heavy atom. The second-order valence-electron chi connectivity index (χ2n) is 4.15. The number of nitriles is 1. The van der Waals surface area contributed by atoms with E-state index in [4.69, 9.17) is 4.74 Å². The van der Waals surface area contributed by atoms with E-state index in [1.165, 1.54) is 0 Å². The highest BCUT2D eigenvalue weighted by atomic mass is 16.5. The van der Waals surface area contributed by atoms with Gasteiger partial charge in [0.1, 0.15) is 6.07 Å². The molecule has 2 rings (SSSR count). The predicted octanol–water partition coefficient (Wildman–Crippen LogP) is 1.89. The third-order valence-electron chi connectivity index (χ3n) is 3.08. The summed E-state index contributed by atoms with van der Waals surface area (Å²) >= 11 is 0. The summed E-state index contributed by atoms with van der Waals surface area (Å²) in [6.45, 7) is 4.12. The number of likely N-dealkylation sites (N-methyl/N-ethyl adjacent to an activating group) is 1. The Morgan fingerprint density at radius 2 is 2.05 bits per heavy atom. The minimum Gasteiger partial charge on any atom is -0.462 e. The van der Waals surface area contributed by atoms with Crippen LogP contribution in [0.1, 0.15) is 19.4 Å². The van der Waals surface area contributed by atoms with Gasteiger partial charge in [-0.25, -0.2) is 4.79 Å². The molecule has 0 aliphatic carbocycles. The molecule has 5 nitrogen and oxygen atoms in total. The molecule has 1 aliphatic rings. The van der Waals surface area contributed by atoms with Gasteiger partial charge in [-0.15, -0.1) is 0 Å². The standard InChI is InChI=1S/C15H14N2O3/c1-3-17-12-8-6-5-7-10(12)13(14(17)18)11(9-16)15(19)20-4-2/h5-8H,3-4H2,1-2H3/b13-11+. The molecule has 0 atom stereocenters. The number of fused-ring (bicyclic) bond motifs is 1. The summed E-state index contributed by atoms with van der Waals surface area (Å²) in [5, 5.41) is 9.21. The lowest BCUT2D eigenvalue weighted by Crippen LogP contribution is -2.26. The molecule has 0 radical (unpaired) electrons. The van der Waals surface area contributed by atoms with E-state index in [2.05, 4.69) is 0 Å². The molecular weight excluding hydrogens is 256 g/mol. The maximum absolute atomic E-state index is 12.4. The van der Waals surface area contributed by atoms with E-state index in [1.54, 1.807) is 36.1 Å². The summed E-state index contributed by atoms with van der Waals surface area (Å²) < 4.78 is 4.85. The van der Waals surface area contributed by atoms with Gasteiger partial charge in [-0.2, -0.15) is 5.26 Å². The maximum atomic E-state index is 12.4. The van der Waals surface area contributed by atoms with Crippen LogP contribution < -0.4 is 4.90 Å². The van der Waals surface area contributed by atoms with Crippen LogP contribution >= 0.6 is 0 Å². The molecule has 1 amide bonds. The summed E-state index contributed by atoms with van der Waals surface area (Å²) in [5.41, 5.74) is 1.21. The number of benzene rings is 1. The third kappa shape index (κ3) is 2.05. The Balaban J connectivity index is 2.65. The molecule has 102 valence electrons. The number of hydrogen-bond donors (Lipinski definition) is 0. The zero-order valence-corrected chi connectivity index (χ0v) is 11.3. The average Bonchev–Trinajstić information content (AvgIpc) is 2.73. The Hall–Kier alpha value is -2.61. The Morgan fingerprint density at radius 1 is 1.35 bits per heavy atom. The topological polar surface area (TPSA) is 70.4 Å². The van der Waals surface area contributed by atoms with Crippen LogP contribution in [-0.4, -0.2) is 25.0 Å². The van der Waals surface area contributed by atoms with Crippen LogP contribution in [0, 0.1) is 11.3 Å². The van der Waals surface area contributed by atoms with Gasteiger partial charge in [0.25, 0.3) is 5.91 Å². The highest BCUT2D eigenvalue weighted by molar-refractivity contribution is 6.36. The first-order valence-corrected chi connectivity index (χ1v) is 6.38. The second kappa shape index (κ2) is 5.57. The molecule has 0 fully saturated rings. The van der Waals surface area contributed by atoms with Crippen LogP contribution in [0.4, 0.5) is 5.69 Å². The van der Waals surface area contributed by atoms with E-state index in [0.29, 0.717) is 17.8 Å². The molecule has 1 aliphatic heterocycles. The van der Waals surface area contributed by atoms with Crippen LogP contribution in [0.15, 0.2) is 29.8 Å². The fraction of sp³-hybridized carbons (Fsp3) is 0.267. The van der Waals surface area contributed by atoms with Crippen molar-refractivity contribution in [1.29, 1.82) is 5.26 Å². The number of nitrogens with zero attached hydrogens (tertiary/aromatic N) is 2. The van der Waals surface area contributed by atoms with Gasteiger partial charge in [-0.1, -0.05) is 18.2 Å². The van der Waals surface area contributed by atoms with E-state index in [0.717, 1.165) is 0 Å². The van der Waals surface area contributed by atoms with Crippen molar-refractivity contribution in [2.45, 2.75) is 13.8 Å². The molecule has 0 bridgehead atoms. The van der Waals surface area contributed by atoms with Crippen LogP contribution in [-0.2, 0) is 14.3 Å². The number of hydrogen-bond acceptors (Lipinski definition) is 4. The van der Waals surface area contributed by atoms with Gasteiger partial charge in [-0.3, -0.25) is 4.79 Å². The van der Waals surface area contributed by atoms with E-state index in [1.807, 2.05) is 13.0 Å². The Bertz CT molecular complexity index is 641. The number of carbonyl (C=O) groups is 2. The van der Waals surface area contributed by atoms with Crippen molar-refractivity contribution >= 4 is 23.1 Å². The van der Waals surface area contributed by atoms with Gasteiger partial charge in [0.05, 0.1) is 17.9 Å². The molecule has 5 heteroatoms. The predicted molar refractivity (Wildman–Crippen MR) is 73.6 cm³/mol. The van der Waals surface area contributed by atoms with Crippen molar-refractivity contribution in [2.24, 2.45) is 0 Å². The number of anilines is 1. The Labute approximate surface area is 117 Å². The van der Waals surface area contributed by atoms with E-state index in [-0.39, 0.29) is 23.7 Å². The monoisotopic (exact) mass is 270 g/mol. The van der Waals surface area contributed by atoms with Crippen LogP contribution in [0.5, 0.6) is 0 Å². The normalized spacial score (nSPS) is 15.7. The molecule has 1 heterocycles. The number of amides is 1. The zero-order chi connectivity index (χ0) is 14.7. The van der Waals surface area contributed by atoms with Gasteiger partial charge >= 0.3 is 5.97 Å². The summed E-state index contributed by atoms with van der Waals surface area (Å²) in [6.07, 6.45) is 0. The van der Waals surface area contributed by atoms with E-state index >= 15 is 0 Å². The molecule has 20 heavy (non-hydrogen) atoms. The fourth-order valence-electron chi connectivity index (χ4n) is 2.24. The van der Waals surface area contributed by atoms with Crippen LogP contribution in [0.2, 0.25) is 0 Å². The molecule has 0 spiro atoms. The highest BCUT2D eigenvalue weighted by Crippen LogP contribution is 2.38. The molecule has 0 N–H and O–H groups in total. The van der Waals surface area contributed by atoms with Crippen LogP contribution in [0.3, 0.4) is 0 Å². The molecular formula is C15H14N2O3. The van der Waals surface area contributed by atoms with Gasteiger partial charge in [0, 0.05) is 12.1 Å². The maximum Gasteiger partial charge on any atom is 0.349 e. The minimum atomic E-state index is -0.758. The van der Waals surface area contributed by atoms with Crippen molar-refractivity contribution in [2.75, 3.05) is 18.1 Å². The molecule has 0 unspecified atom stereocenters. The fourth-order valence-corrected chi connectivity index (χ4v) is 2.24. The number of rotatable bonds is 3. The Kier molecular flexibility index (Phi) is 3.85. The van der Waals surface area contributed by atoms with Gasteiger partial charge in [0.2, 0.25) is 0 Å². The smallest absolute Gasteiger partial charge is 0.349 e. The first kappa shape index (κ1) is 13.8. The van der Waals surface area contributed by atoms with Crippen molar-refractivity contribution in [3.05, 3.63) is 35.4 Å². The first-order chi connectivity index (χ1) is 9.65. The lowest BCUT2D eigenvalue weighted by molar-refractivity contribution is -0.138. The summed E-state index contributed by atoms with van der Waals surface area (Å²) in [6, 6.07) is 8.91. The van der Waals surface area contributed by atoms with Gasteiger partial charge in [-0.05, 0) is 19.9 Å².